The zero-order chi connectivity index (χ0) is 18.3. The van der Waals surface area contributed by atoms with Crippen LogP contribution in [-0.4, -0.2) is 5.97 Å². The van der Waals surface area contributed by atoms with Gasteiger partial charge in [0.2, 0.25) is 0 Å². The third-order valence-corrected chi connectivity index (χ3v) is 4.54. The lowest BCUT2D eigenvalue weighted by Gasteiger charge is -2.18. The lowest BCUT2D eigenvalue weighted by atomic mass is 10.0. The topological polar surface area (TPSA) is 56.8 Å². The van der Waals surface area contributed by atoms with Gasteiger partial charge in [0.25, 0.3) is 5.79 Å². The summed E-state index contributed by atoms with van der Waals surface area (Å²) in [6, 6.07) is 24.4. The van der Waals surface area contributed by atoms with Crippen molar-refractivity contribution in [2.24, 2.45) is 0 Å². The molecule has 2 aliphatic heterocycles. The number of ether oxygens (including phenoxy) is 2. The van der Waals surface area contributed by atoms with Gasteiger partial charge in [0.1, 0.15) is 11.5 Å². The molecule has 0 saturated carbocycles. The van der Waals surface area contributed by atoms with E-state index in [0.29, 0.717) is 22.6 Å². The molecule has 1 atom stereocenters. The summed E-state index contributed by atoms with van der Waals surface area (Å²) < 4.78 is 11.4. The maximum Gasteiger partial charge on any atom is 0.341 e. The van der Waals surface area contributed by atoms with Crippen molar-refractivity contribution in [3.8, 4) is 11.5 Å². The molecule has 3 aromatic carbocycles. The Kier molecular flexibility index (Phi) is 3.48. The molecule has 0 fully saturated rings. The first-order chi connectivity index (χ1) is 13.2. The maximum atomic E-state index is 12.1. The number of para-hydroxylation sites is 1. The Labute approximate surface area is 155 Å². The molecule has 5 nitrogen and oxygen atoms in total. The number of hydroxylamine groups is 1. The van der Waals surface area contributed by atoms with Gasteiger partial charge in [-0.25, -0.2) is 9.63 Å². The SMILES string of the molecule is O=C1OC2(C=C(c3cccc(Oc4ccccc4)c3)NO2)c2ccccc21. The van der Waals surface area contributed by atoms with Crippen molar-refractivity contribution in [3.05, 3.63) is 102 Å². The van der Waals surface area contributed by atoms with Gasteiger partial charge in [-0.05, 0) is 30.3 Å². The zero-order valence-electron chi connectivity index (χ0n) is 14.2. The predicted octanol–water partition coefficient (Wildman–Crippen LogP) is 4.38. The fourth-order valence-electron chi connectivity index (χ4n) is 3.27. The van der Waals surface area contributed by atoms with Crippen molar-refractivity contribution in [2.75, 3.05) is 0 Å². The third kappa shape index (κ3) is 2.65. The summed E-state index contributed by atoms with van der Waals surface area (Å²) in [7, 11) is 0. The van der Waals surface area contributed by atoms with Gasteiger partial charge in [0.05, 0.1) is 11.3 Å². The van der Waals surface area contributed by atoms with Crippen molar-refractivity contribution >= 4 is 11.7 Å². The van der Waals surface area contributed by atoms with Crippen LogP contribution in [0, 0.1) is 0 Å². The number of hydrogen-bond acceptors (Lipinski definition) is 5. The monoisotopic (exact) mass is 357 g/mol. The van der Waals surface area contributed by atoms with E-state index >= 15 is 0 Å². The molecule has 27 heavy (non-hydrogen) atoms. The van der Waals surface area contributed by atoms with E-state index in [0.717, 1.165) is 11.3 Å². The van der Waals surface area contributed by atoms with Crippen molar-refractivity contribution in [1.82, 2.24) is 5.48 Å². The second-order valence-corrected chi connectivity index (χ2v) is 6.31. The number of rotatable bonds is 3. The van der Waals surface area contributed by atoms with Crippen molar-refractivity contribution < 1.29 is 19.1 Å². The molecular weight excluding hydrogens is 342 g/mol. The summed E-state index contributed by atoms with van der Waals surface area (Å²) in [6.07, 6.45) is 1.78. The highest BCUT2D eigenvalue weighted by Crippen LogP contribution is 2.43. The minimum Gasteiger partial charge on any atom is -0.457 e. The number of fused-ring (bicyclic) bond motifs is 2. The maximum absolute atomic E-state index is 12.1. The van der Waals surface area contributed by atoms with Gasteiger partial charge in [-0.1, -0.05) is 48.5 Å². The molecule has 132 valence electrons. The molecule has 0 bridgehead atoms. The van der Waals surface area contributed by atoms with E-state index in [4.69, 9.17) is 14.3 Å². The molecule has 0 saturated heterocycles. The van der Waals surface area contributed by atoms with E-state index in [1.807, 2.05) is 66.7 Å². The zero-order valence-corrected chi connectivity index (χ0v) is 14.2. The Morgan fingerprint density at radius 3 is 2.52 bits per heavy atom. The summed E-state index contributed by atoms with van der Waals surface area (Å²) in [6.45, 7) is 0. The van der Waals surface area contributed by atoms with Gasteiger partial charge >= 0.3 is 5.97 Å². The molecule has 5 rings (SSSR count). The van der Waals surface area contributed by atoms with Crippen LogP contribution in [0.15, 0.2) is 84.9 Å². The van der Waals surface area contributed by atoms with E-state index in [9.17, 15) is 4.79 Å². The number of nitrogens with one attached hydrogen (secondary N) is 1. The van der Waals surface area contributed by atoms with Crippen LogP contribution >= 0.6 is 0 Å². The first-order valence-corrected chi connectivity index (χ1v) is 8.57. The van der Waals surface area contributed by atoms with Crippen molar-refractivity contribution in [1.29, 1.82) is 0 Å². The number of esters is 1. The fourth-order valence-corrected chi connectivity index (χ4v) is 3.27. The number of hydrogen-bond donors (Lipinski definition) is 1. The normalized spacial score (nSPS) is 20.0. The van der Waals surface area contributed by atoms with Crippen molar-refractivity contribution in [2.45, 2.75) is 5.79 Å². The first kappa shape index (κ1) is 15.7. The summed E-state index contributed by atoms with van der Waals surface area (Å²) in [4.78, 5) is 17.8. The smallest absolute Gasteiger partial charge is 0.341 e. The standard InChI is InChI=1S/C22H15NO4/c24-21-18-11-4-5-12-19(18)22(26-21)14-20(23-27-22)15-7-6-10-17(13-15)25-16-8-2-1-3-9-16/h1-14,23H. The highest BCUT2D eigenvalue weighted by atomic mass is 16.8. The molecule has 3 aromatic rings. The molecule has 5 heteroatoms. The second-order valence-electron chi connectivity index (χ2n) is 6.31. The third-order valence-electron chi connectivity index (χ3n) is 4.54. The first-order valence-electron chi connectivity index (χ1n) is 8.57. The predicted molar refractivity (Wildman–Crippen MR) is 98.7 cm³/mol. The Morgan fingerprint density at radius 1 is 0.852 bits per heavy atom. The lowest BCUT2D eigenvalue weighted by molar-refractivity contribution is -0.181. The van der Waals surface area contributed by atoms with Crippen LogP contribution < -0.4 is 10.2 Å². The summed E-state index contributed by atoms with van der Waals surface area (Å²) in [5.41, 5.74) is 5.66. The number of carbonyl (C=O) groups excluding carboxylic acids is 1. The van der Waals surface area contributed by atoms with E-state index in [-0.39, 0.29) is 0 Å². The van der Waals surface area contributed by atoms with Crippen LogP contribution in [0.1, 0.15) is 21.5 Å². The van der Waals surface area contributed by atoms with Gasteiger partial charge in [0, 0.05) is 17.2 Å². The molecule has 0 amide bonds. The van der Waals surface area contributed by atoms with Gasteiger partial charge in [0.15, 0.2) is 0 Å². The van der Waals surface area contributed by atoms with Crippen LogP contribution in [0.25, 0.3) is 5.70 Å². The average Bonchev–Trinajstić information content (AvgIpc) is 3.25. The van der Waals surface area contributed by atoms with E-state index in [1.165, 1.54) is 0 Å². The van der Waals surface area contributed by atoms with Crippen LogP contribution in [0.5, 0.6) is 11.5 Å². The molecule has 0 aromatic heterocycles. The van der Waals surface area contributed by atoms with Crippen LogP contribution in [-0.2, 0) is 15.4 Å². The van der Waals surface area contributed by atoms with Gasteiger partial charge in [-0.15, -0.1) is 0 Å². The van der Waals surface area contributed by atoms with Crippen LogP contribution in [0.4, 0.5) is 0 Å². The lowest BCUT2D eigenvalue weighted by Crippen LogP contribution is -2.26. The highest BCUT2D eigenvalue weighted by Gasteiger charge is 2.49. The average molecular weight is 357 g/mol. The number of carbonyl (C=O) groups is 1. The van der Waals surface area contributed by atoms with Crippen LogP contribution in [0.3, 0.4) is 0 Å². The Morgan fingerprint density at radius 2 is 1.63 bits per heavy atom. The molecule has 0 aliphatic carbocycles. The highest BCUT2D eigenvalue weighted by molar-refractivity contribution is 5.95. The molecular formula is C22H15NO4. The molecule has 1 spiro atoms. The molecule has 1 unspecified atom stereocenters. The Bertz CT molecular complexity index is 1060. The summed E-state index contributed by atoms with van der Waals surface area (Å²) in [5.74, 6) is -0.175. The fraction of sp³-hybridized carbons (Fsp3) is 0.0455. The Balaban J connectivity index is 1.47. The minimum atomic E-state index is -1.24. The van der Waals surface area contributed by atoms with E-state index < -0.39 is 11.8 Å². The Hall–Kier alpha value is -3.57. The number of benzene rings is 3. The van der Waals surface area contributed by atoms with Gasteiger partial charge in [-0.3, -0.25) is 5.48 Å². The summed E-state index contributed by atoms with van der Waals surface area (Å²) in [5, 5.41) is 0. The quantitative estimate of drug-likeness (QED) is 0.705. The van der Waals surface area contributed by atoms with Gasteiger partial charge in [-0.2, -0.15) is 0 Å². The van der Waals surface area contributed by atoms with E-state index in [1.54, 1.807) is 18.2 Å². The molecule has 1 N–H and O–H groups in total. The minimum absolute atomic E-state index is 0.397. The molecule has 2 aliphatic rings. The van der Waals surface area contributed by atoms with Crippen LogP contribution in [0.2, 0.25) is 0 Å². The molecule has 2 heterocycles. The van der Waals surface area contributed by atoms with E-state index in [2.05, 4.69) is 5.48 Å². The van der Waals surface area contributed by atoms with Gasteiger partial charge < -0.3 is 9.47 Å². The second kappa shape index (κ2) is 6.00. The molecule has 0 radical (unpaired) electrons. The largest absolute Gasteiger partial charge is 0.457 e. The van der Waals surface area contributed by atoms with Crippen molar-refractivity contribution in [3.63, 3.8) is 0 Å². The summed E-state index contributed by atoms with van der Waals surface area (Å²) >= 11 is 0.